The first-order chi connectivity index (χ1) is 7.81. The quantitative estimate of drug-likeness (QED) is 0.839. The first-order valence-electron chi connectivity index (χ1n) is 6.27. The van der Waals surface area contributed by atoms with Crippen molar-refractivity contribution >= 4 is 0 Å². The van der Waals surface area contributed by atoms with E-state index < -0.39 is 0 Å². The molecule has 0 amide bonds. The lowest BCUT2D eigenvalue weighted by Gasteiger charge is -2.43. The maximum absolute atomic E-state index is 6.01. The van der Waals surface area contributed by atoms with Crippen molar-refractivity contribution < 1.29 is 4.74 Å². The summed E-state index contributed by atoms with van der Waals surface area (Å²) >= 11 is 0. The number of para-hydroxylation sites is 1. The van der Waals surface area contributed by atoms with Crippen molar-refractivity contribution in [2.45, 2.75) is 32.3 Å². The lowest BCUT2D eigenvalue weighted by atomic mass is 9.74. The molecule has 1 unspecified atom stereocenters. The van der Waals surface area contributed by atoms with E-state index in [1.54, 1.807) is 0 Å². The first-order valence-corrected chi connectivity index (χ1v) is 6.27. The van der Waals surface area contributed by atoms with Crippen LogP contribution in [0, 0.1) is 5.41 Å². The van der Waals surface area contributed by atoms with E-state index in [4.69, 9.17) is 4.74 Å². The largest absolute Gasteiger partial charge is 0.490 e. The minimum Gasteiger partial charge on any atom is -0.490 e. The summed E-state index contributed by atoms with van der Waals surface area (Å²) in [4.78, 5) is 0. The zero-order chi connectivity index (χ0) is 11.0. The zero-order valence-corrected chi connectivity index (χ0v) is 9.83. The maximum atomic E-state index is 6.01. The molecule has 16 heavy (non-hydrogen) atoms. The maximum Gasteiger partial charge on any atom is 0.123 e. The van der Waals surface area contributed by atoms with E-state index in [1.165, 1.54) is 31.5 Å². The van der Waals surface area contributed by atoms with Crippen LogP contribution in [0.4, 0.5) is 0 Å². The zero-order valence-electron chi connectivity index (χ0n) is 9.83. The molecule has 1 fully saturated rings. The van der Waals surface area contributed by atoms with Gasteiger partial charge in [0.25, 0.3) is 0 Å². The highest BCUT2D eigenvalue weighted by Gasteiger charge is 2.39. The molecule has 1 saturated heterocycles. The molecule has 3 rings (SSSR count). The van der Waals surface area contributed by atoms with Crippen LogP contribution in [0.3, 0.4) is 0 Å². The van der Waals surface area contributed by atoms with Gasteiger partial charge in [0, 0.05) is 19.5 Å². The van der Waals surface area contributed by atoms with Gasteiger partial charge in [-0.25, -0.2) is 0 Å². The Morgan fingerprint density at radius 1 is 1.38 bits per heavy atom. The van der Waals surface area contributed by atoms with Gasteiger partial charge in [0.05, 0.1) is 0 Å². The van der Waals surface area contributed by atoms with E-state index in [0.29, 0.717) is 11.5 Å². The number of benzene rings is 1. The Hall–Kier alpha value is -1.02. The van der Waals surface area contributed by atoms with Crippen LogP contribution in [0.15, 0.2) is 24.3 Å². The molecule has 2 aliphatic rings. The number of nitrogens with one attached hydrogen (secondary N) is 1. The van der Waals surface area contributed by atoms with Crippen LogP contribution in [-0.4, -0.2) is 19.2 Å². The third-order valence-electron chi connectivity index (χ3n) is 4.12. The molecule has 0 saturated carbocycles. The number of ether oxygens (including phenoxy) is 1. The highest BCUT2D eigenvalue weighted by atomic mass is 16.5. The molecule has 0 aromatic heterocycles. The predicted octanol–water partition coefficient (Wildman–Crippen LogP) is 2.38. The van der Waals surface area contributed by atoms with Crippen LogP contribution in [0.2, 0.25) is 0 Å². The fraction of sp³-hybridized carbons (Fsp3) is 0.571. The second-order valence-corrected chi connectivity index (χ2v) is 5.21. The van der Waals surface area contributed by atoms with E-state index in [2.05, 4.69) is 36.5 Å². The third-order valence-corrected chi connectivity index (χ3v) is 4.12. The first kappa shape index (κ1) is 10.2. The van der Waals surface area contributed by atoms with Crippen LogP contribution in [0.1, 0.15) is 25.3 Å². The second-order valence-electron chi connectivity index (χ2n) is 5.21. The number of rotatable bonds is 3. The summed E-state index contributed by atoms with van der Waals surface area (Å²) in [6.45, 7) is 4.63. The highest BCUT2D eigenvalue weighted by Crippen LogP contribution is 2.38. The molecule has 0 bridgehead atoms. The summed E-state index contributed by atoms with van der Waals surface area (Å²) in [6.07, 6.45) is 3.96. The van der Waals surface area contributed by atoms with E-state index in [9.17, 15) is 0 Å². The summed E-state index contributed by atoms with van der Waals surface area (Å²) in [7, 11) is 0. The van der Waals surface area contributed by atoms with Crippen molar-refractivity contribution in [3.8, 4) is 5.75 Å². The average Bonchev–Trinajstić information content (AvgIpc) is 2.65. The van der Waals surface area contributed by atoms with Crippen molar-refractivity contribution in [3.63, 3.8) is 0 Å². The van der Waals surface area contributed by atoms with Gasteiger partial charge < -0.3 is 10.1 Å². The summed E-state index contributed by atoms with van der Waals surface area (Å²) < 4.78 is 6.01. The number of fused-ring (bicyclic) bond motifs is 1. The molecule has 2 heterocycles. The van der Waals surface area contributed by atoms with Crippen molar-refractivity contribution in [1.29, 1.82) is 0 Å². The van der Waals surface area contributed by atoms with E-state index in [0.717, 1.165) is 12.2 Å². The van der Waals surface area contributed by atoms with Crippen LogP contribution in [-0.2, 0) is 6.42 Å². The van der Waals surface area contributed by atoms with Crippen molar-refractivity contribution in [2.24, 2.45) is 5.41 Å². The van der Waals surface area contributed by atoms with Crippen molar-refractivity contribution in [2.75, 3.05) is 13.1 Å². The van der Waals surface area contributed by atoms with Gasteiger partial charge in [-0.05, 0) is 29.9 Å². The molecule has 1 atom stereocenters. The monoisotopic (exact) mass is 217 g/mol. The Morgan fingerprint density at radius 3 is 2.81 bits per heavy atom. The molecular weight excluding hydrogens is 198 g/mol. The Bertz CT molecular complexity index is 354. The van der Waals surface area contributed by atoms with Crippen LogP contribution >= 0.6 is 0 Å². The van der Waals surface area contributed by atoms with Gasteiger partial charge in [-0.15, -0.1) is 0 Å². The fourth-order valence-corrected chi connectivity index (χ4v) is 2.87. The predicted molar refractivity (Wildman–Crippen MR) is 64.8 cm³/mol. The molecule has 2 heteroatoms. The van der Waals surface area contributed by atoms with Crippen LogP contribution < -0.4 is 10.1 Å². The van der Waals surface area contributed by atoms with Gasteiger partial charge in [0.2, 0.25) is 0 Å². The van der Waals surface area contributed by atoms with Crippen LogP contribution in [0.5, 0.6) is 5.75 Å². The van der Waals surface area contributed by atoms with Gasteiger partial charge in [0.1, 0.15) is 11.9 Å². The summed E-state index contributed by atoms with van der Waals surface area (Å²) in [5.41, 5.74) is 1.89. The lowest BCUT2D eigenvalue weighted by Crippen LogP contribution is -2.54. The van der Waals surface area contributed by atoms with Gasteiger partial charge in [-0.1, -0.05) is 25.1 Å². The molecule has 86 valence electrons. The average molecular weight is 217 g/mol. The molecule has 0 spiro atoms. The van der Waals surface area contributed by atoms with Gasteiger partial charge in [-0.3, -0.25) is 0 Å². The third kappa shape index (κ3) is 1.61. The normalized spacial score (nSPS) is 25.7. The van der Waals surface area contributed by atoms with E-state index in [-0.39, 0.29) is 0 Å². The highest BCUT2D eigenvalue weighted by molar-refractivity contribution is 5.37. The standard InChI is InChI=1S/C14H19NO/c1-2-14(9-15-10-14)8-12-7-11-5-3-4-6-13(11)16-12/h3-6,12,15H,2,7-10H2,1H3. The molecule has 1 N–H and O–H groups in total. The lowest BCUT2D eigenvalue weighted by molar-refractivity contribution is 0.0797. The van der Waals surface area contributed by atoms with Crippen molar-refractivity contribution in [1.82, 2.24) is 5.32 Å². The Labute approximate surface area is 97.0 Å². The minimum atomic E-state index is 0.402. The number of hydrogen-bond acceptors (Lipinski definition) is 2. The molecule has 0 radical (unpaired) electrons. The van der Waals surface area contributed by atoms with Gasteiger partial charge >= 0.3 is 0 Å². The van der Waals surface area contributed by atoms with Crippen LogP contribution in [0.25, 0.3) is 0 Å². The molecule has 1 aromatic carbocycles. The topological polar surface area (TPSA) is 21.3 Å². The second kappa shape index (κ2) is 3.77. The SMILES string of the molecule is CCC1(CC2Cc3ccccc3O2)CNC1. The summed E-state index contributed by atoms with van der Waals surface area (Å²) in [5.74, 6) is 1.10. The molecule has 2 nitrogen and oxygen atoms in total. The Morgan fingerprint density at radius 2 is 2.19 bits per heavy atom. The summed E-state index contributed by atoms with van der Waals surface area (Å²) in [6, 6.07) is 8.44. The van der Waals surface area contributed by atoms with Crippen molar-refractivity contribution in [3.05, 3.63) is 29.8 Å². The fourth-order valence-electron chi connectivity index (χ4n) is 2.87. The van der Waals surface area contributed by atoms with Gasteiger partial charge in [-0.2, -0.15) is 0 Å². The molecular formula is C14H19NO. The molecule has 0 aliphatic carbocycles. The summed E-state index contributed by atoms with van der Waals surface area (Å²) in [5, 5.41) is 3.39. The molecule has 1 aromatic rings. The Kier molecular flexibility index (Phi) is 2.40. The smallest absolute Gasteiger partial charge is 0.123 e. The van der Waals surface area contributed by atoms with E-state index >= 15 is 0 Å². The van der Waals surface area contributed by atoms with E-state index in [1.807, 2.05) is 0 Å². The minimum absolute atomic E-state index is 0.402. The number of hydrogen-bond donors (Lipinski definition) is 1. The molecule has 2 aliphatic heterocycles. The Balaban J connectivity index is 1.68. The van der Waals surface area contributed by atoms with Gasteiger partial charge in [0.15, 0.2) is 0 Å².